The first-order valence-electron chi connectivity index (χ1n) is 6.02. The van der Waals surface area contributed by atoms with Crippen LogP contribution in [0.3, 0.4) is 0 Å². The molecule has 0 unspecified atom stereocenters. The molecule has 0 amide bonds. The zero-order chi connectivity index (χ0) is 19.8. The Morgan fingerprint density at radius 3 is 1.04 bits per heavy atom. The van der Waals surface area contributed by atoms with E-state index in [-0.39, 0.29) is 19.2 Å². The van der Waals surface area contributed by atoms with Gasteiger partial charge in [0.15, 0.2) is 0 Å². The number of ether oxygens (including phenoxy) is 1. The minimum atomic E-state index is -0.833. The maximum Gasteiger partial charge on any atom is 0.302 e. The van der Waals surface area contributed by atoms with E-state index < -0.39 is 17.9 Å². The molecule has 0 fully saturated rings. The van der Waals surface area contributed by atoms with Gasteiger partial charge in [-0.05, 0) is 0 Å². The molecule has 0 bridgehead atoms. The van der Waals surface area contributed by atoms with Gasteiger partial charge in [-0.3, -0.25) is 19.2 Å². The van der Waals surface area contributed by atoms with Gasteiger partial charge in [-0.25, -0.2) is 0 Å². The quantitative estimate of drug-likeness (QED) is 0.333. The average molecular weight is 345 g/mol. The van der Waals surface area contributed by atoms with Crippen LogP contribution in [0.15, 0.2) is 0 Å². The summed E-state index contributed by atoms with van der Waals surface area (Å²) < 4.78 is 4.43. The number of esters is 1. The molecule has 140 valence electrons. The second-order valence-corrected chi connectivity index (χ2v) is 3.13. The molecular weight excluding hydrogens is 318 g/mol. The second kappa shape index (κ2) is 31.9. The van der Waals surface area contributed by atoms with Gasteiger partial charge in [0.2, 0.25) is 0 Å². The van der Waals surface area contributed by atoms with E-state index >= 15 is 0 Å². The number of carboxylic acids is 3. The first-order valence-corrected chi connectivity index (χ1v) is 6.02. The summed E-state index contributed by atoms with van der Waals surface area (Å²) in [7, 11) is 0. The number of hydrogen-bond acceptors (Lipinski definition) is 8. The van der Waals surface area contributed by atoms with E-state index in [1.807, 2.05) is 0 Å². The number of aliphatic hydroxyl groups excluding tert-OH is 2. The van der Waals surface area contributed by atoms with Crippen molar-refractivity contribution in [3.8, 4) is 0 Å². The number of carbonyl (C=O) groups is 4. The van der Waals surface area contributed by atoms with Gasteiger partial charge >= 0.3 is 5.97 Å². The Labute approximate surface area is 134 Å². The number of carbonyl (C=O) groups excluding carboxylic acids is 1. The zero-order valence-electron chi connectivity index (χ0n) is 13.7. The molecule has 11 heteroatoms. The van der Waals surface area contributed by atoms with Gasteiger partial charge < -0.3 is 36.0 Å². The Hall–Kier alpha value is -2.24. The van der Waals surface area contributed by atoms with E-state index in [0.717, 1.165) is 20.8 Å². The van der Waals surface area contributed by atoms with E-state index in [1.54, 1.807) is 0 Å². The van der Waals surface area contributed by atoms with Crippen LogP contribution in [0.1, 0.15) is 27.7 Å². The van der Waals surface area contributed by atoms with Crippen LogP contribution in [-0.4, -0.2) is 75.8 Å². The highest BCUT2D eigenvalue weighted by Crippen LogP contribution is 1.69. The van der Waals surface area contributed by atoms with Crippen molar-refractivity contribution in [2.45, 2.75) is 27.7 Å². The van der Waals surface area contributed by atoms with Crippen LogP contribution < -0.4 is 5.73 Å². The van der Waals surface area contributed by atoms with Crippen molar-refractivity contribution >= 4 is 23.9 Å². The van der Waals surface area contributed by atoms with E-state index in [4.69, 9.17) is 45.6 Å². The van der Waals surface area contributed by atoms with Gasteiger partial charge in [-0.15, -0.1) is 0 Å². The predicted molar refractivity (Wildman–Crippen MR) is 79.8 cm³/mol. The Bertz CT molecular complexity index is 251. The van der Waals surface area contributed by atoms with Gasteiger partial charge in [0, 0.05) is 34.2 Å². The van der Waals surface area contributed by atoms with Crippen molar-refractivity contribution < 1.29 is 49.4 Å². The lowest BCUT2D eigenvalue weighted by Crippen LogP contribution is -2.10. The minimum absolute atomic E-state index is 0.125. The molecule has 23 heavy (non-hydrogen) atoms. The van der Waals surface area contributed by atoms with Crippen LogP contribution in [0.5, 0.6) is 0 Å². The Kier molecular flexibility index (Phi) is 45.3. The number of hydrogen-bond donors (Lipinski definition) is 6. The van der Waals surface area contributed by atoms with Gasteiger partial charge in [0.05, 0.1) is 13.2 Å². The van der Waals surface area contributed by atoms with Crippen molar-refractivity contribution in [1.29, 1.82) is 0 Å². The fraction of sp³-hybridized carbons (Fsp3) is 0.667. The molecular formula is C12H27NO10. The summed E-state index contributed by atoms with van der Waals surface area (Å²) in [5.41, 5.74) is 5.00. The van der Waals surface area contributed by atoms with E-state index in [1.165, 1.54) is 6.92 Å². The molecule has 0 rings (SSSR count). The third kappa shape index (κ3) is 818. The van der Waals surface area contributed by atoms with Crippen LogP contribution in [0.4, 0.5) is 0 Å². The molecule has 0 aromatic heterocycles. The van der Waals surface area contributed by atoms with E-state index in [9.17, 15) is 4.79 Å². The number of carboxylic acid groups (broad SMARTS) is 3. The van der Waals surface area contributed by atoms with Crippen LogP contribution in [0.25, 0.3) is 0 Å². The van der Waals surface area contributed by atoms with Gasteiger partial charge in [0.1, 0.15) is 6.61 Å². The normalized spacial score (nSPS) is 7.09. The van der Waals surface area contributed by atoms with Crippen LogP contribution >= 0.6 is 0 Å². The smallest absolute Gasteiger partial charge is 0.302 e. The molecule has 0 radical (unpaired) electrons. The first-order chi connectivity index (χ1) is 10.4. The van der Waals surface area contributed by atoms with Crippen LogP contribution in [-0.2, 0) is 23.9 Å². The zero-order valence-corrected chi connectivity index (χ0v) is 13.7. The summed E-state index contributed by atoms with van der Waals surface area (Å²) >= 11 is 0. The van der Waals surface area contributed by atoms with Gasteiger partial charge in [-0.1, -0.05) is 0 Å². The van der Waals surface area contributed by atoms with E-state index in [0.29, 0.717) is 13.2 Å². The van der Waals surface area contributed by atoms with Crippen LogP contribution in [0, 0.1) is 0 Å². The standard InChI is InChI=1S/C4H9NO2.3C2H4O2.C2H6O2/c1-4(6)7-3-2-5;3*1-2(3)4;3-1-2-4/h2-3,5H2,1H3;3*1H3,(H,3,4);3-4H,1-2H2. The van der Waals surface area contributed by atoms with E-state index in [2.05, 4.69) is 4.74 Å². The van der Waals surface area contributed by atoms with Crippen molar-refractivity contribution in [2.75, 3.05) is 26.4 Å². The van der Waals surface area contributed by atoms with Crippen LogP contribution in [0.2, 0.25) is 0 Å². The lowest BCUT2D eigenvalue weighted by molar-refractivity contribution is -0.140. The molecule has 7 N–H and O–H groups in total. The molecule has 0 aliphatic carbocycles. The summed E-state index contributed by atoms with van der Waals surface area (Å²) in [6.45, 7) is 5.09. The summed E-state index contributed by atoms with van der Waals surface area (Å²) in [5.74, 6) is -2.77. The fourth-order valence-corrected chi connectivity index (χ4v) is 0.203. The molecule has 0 saturated heterocycles. The highest BCUT2D eigenvalue weighted by Gasteiger charge is 1.85. The monoisotopic (exact) mass is 345 g/mol. The number of aliphatic carboxylic acids is 3. The molecule has 0 atom stereocenters. The Morgan fingerprint density at radius 1 is 0.783 bits per heavy atom. The lowest BCUT2D eigenvalue weighted by atomic mass is 10.7. The fourth-order valence-electron chi connectivity index (χ4n) is 0.203. The SMILES string of the molecule is CC(=O)O.CC(=O)O.CC(=O)O.CC(=O)OCCN.OCCO. The maximum absolute atomic E-state index is 9.92. The van der Waals surface area contributed by atoms with Gasteiger partial charge in [-0.2, -0.15) is 0 Å². The number of rotatable bonds is 3. The third-order valence-electron chi connectivity index (χ3n) is 0.523. The summed E-state index contributed by atoms with van der Waals surface area (Å²) in [6.07, 6.45) is 0. The molecule has 0 aliphatic rings. The summed E-state index contributed by atoms with van der Waals surface area (Å²) in [5, 5.41) is 37.5. The van der Waals surface area contributed by atoms with Crippen molar-refractivity contribution in [3.63, 3.8) is 0 Å². The Balaban J connectivity index is -0.0000000604. The topological polar surface area (TPSA) is 205 Å². The molecule has 11 nitrogen and oxygen atoms in total. The van der Waals surface area contributed by atoms with Crippen molar-refractivity contribution in [1.82, 2.24) is 0 Å². The molecule has 0 heterocycles. The number of aliphatic hydroxyl groups is 2. The third-order valence-corrected chi connectivity index (χ3v) is 0.523. The minimum Gasteiger partial charge on any atom is -0.481 e. The summed E-state index contributed by atoms with van der Waals surface area (Å²) in [6, 6.07) is 0. The first kappa shape index (κ1) is 32.6. The molecule has 0 aliphatic heterocycles. The predicted octanol–water partition coefficient (Wildman–Crippen LogP) is -1.25. The maximum atomic E-state index is 9.92. The second-order valence-electron chi connectivity index (χ2n) is 3.13. The molecule has 0 aromatic rings. The van der Waals surface area contributed by atoms with Gasteiger partial charge in [0.25, 0.3) is 17.9 Å². The molecule has 0 spiro atoms. The lowest BCUT2D eigenvalue weighted by Gasteiger charge is -1.93. The highest BCUT2D eigenvalue weighted by molar-refractivity contribution is 5.65. The molecule has 0 aromatic carbocycles. The van der Waals surface area contributed by atoms with Crippen molar-refractivity contribution in [3.05, 3.63) is 0 Å². The average Bonchev–Trinajstić information content (AvgIpc) is 2.34. The number of nitrogens with two attached hydrogens (primary N) is 1. The largest absolute Gasteiger partial charge is 0.481 e. The summed E-state index contributed by atoms with van der Waals surface area (Å²) in [4.78, 5) is 36.9. The Morgan fingerprint density at radius 2 is 1.00 bits per heavy atom. The van der Waals surface area contributed by atoms with Crippen molar-refractivity contribution in [2.24, 2.45) is 5.73 Å². The highest BCUT2D eigenvalue weighted by atomic mass is 16.5. The molecule has 0 saturated carbocycles.